The maximum atomic E-state index is 11.6. The maximum absolute atomic E-state index is 11.6. The second-order valence-electron chi connectivity index (χ2n) is 4.52. The van der Waals surface area contributed by atoms with Gasteiger partial charge in [0.25, 0.3) is 0 Å². The number of esters is 1. The van der Waals surface area contributed by atoms with E-state index in [-0.39, 0.29) is 12.1 Å². The summed E-state index contributed by atoms with van der Waals surface area (Å²) in [7, 11) is 0. The summed E-state index contributed by atoms with van der Waals surface area (Å²) in [4.78, 5) is 11.6. The van der Waals surface area contributed by atoms with Crippen LogP contribution in [0.4, 0.5) is 0 Å². The SMILES string of the molecule is CC(OC(=O)CCNC1CC1)c1ccccc1. The fourth-order valence-corrected chi connectivity index (χ4v) is 1.71. The molecule has 1 aromatic rings. The molecule has 0 heterocycles. The lowest BCUT2D eigenvalue weighted by molar-refractivity contribution is -0.148. The van der Waals surface area contributed by atoms with Gasteiger partial charge in [-0.25, -0.2) is 0 Å². The predicted octanol–water partition coefficient (Wildman–Crippen LogP) is 2.43. The number of carbonyl (C=O) groups excluding carboxylic acids is 1. The van der Waals surface area contributed by atoms with E-state index >= 15 is 0 Å². The molecule has 0 radical (unpaired) electrons. The van der Waals surface area contributed by atoms with Crippen molar-refractivity contribution in [2.24, 2.45) is 0 Å². The van der Waals surface area contributed by atoms with Gasteiger partial charge in [0.2, 0.25) is 0 Å². The predicted molar refractivity (Wildman–Crippen MR) is 66.6 cm³/mol. The van der Waals surface area contributed by atoms with Crippen molar-refractivity contribution in [1.29, 1.82) is 0 Å². The van der Waals surface area contributed by atoms with Crippen molar-refractivity contribution in [3.05, 3.63) is 35.9 Å². The third-order valence-electron chi connectivity index (χ3n) is 2.92. The molecule has 1 aliphatic rings. The third-order valence-corrected chi connectivity index (χ3v) is 2.92. The summed E-state index contributed by atoms with van der Waals surface area (Å²) in [5.41, 5.74) is 1.04. The molecule has 1 atom stereocenters. The van der Waals surface area contributed by atoms with Gasteiger partial charge in [-0.15, -0.1) is 0 Å². The van der Waals surface area contributed by atoms with E-state index in [1.165, 1.54) is 12.8 Å². The zero-order chi connectivity index (χ0) is 12.1. The van der Waals surface area contributed by atoms with E-state index < -0.39 is 0 Å². The van der Waals surface area contributed by atoms with Crippen molar-refractivity contribution in [2.45, 2.75) is 38.3 Å². The first kappa shape index (κ1) is 12.1. The zero-order valence-electron chi connectivity index (χ0n) is 10.2. The van der Waals surface area contributed by atoms with E-state index in [0.29, 0.717) is 12.5 Å². The fraction of sp³-hybridized carbons (Fsp3) is 0.500. The maximum Gasteiger partial charge on any atom is 0.307 e. The van der Waals surface area contributed by atoms with Crippen LogP contribution in [-0.4, -0.2) is 18.6 Å². The molecule has 3 nitrogen and oxygen atoms in total. The number of ether oxygens (including phenoxy) is 1. The number of nitrogens with one attached hydrogen (secondary N) is 1. The van der Waals surface area contributed by atoms with Crippen molar-refractivity contribution in [3.63, 3.8) is 0 Å². The molecule has 0 saturated heterocycles. The van der Waals surface area contributed by atoms with Gasteiger partial charge < -0.3 is 10.1 Å². The first-order valence-corrected chi connectivity index (χ1v) is 6.23. The van der Waals surface area contributed by atoms with E-state index in [2.05, 4.69) is 5.32 Å². The summed E-state index contributed by atoms with van der Waals surface area (Å²) in [6.45, 7) is 2.63. The Morgan fingerprint density at radius 1 is 1.41 bits per heavy atom. The molecule has 0 bridgehead atoms. The average Bonchev–Trinajstić information content (AvgIpc) is 3.14. The first-order chi connectivity index (χ1) is 8.25. The highest BCUT2D eigenvalue weighted by atomic mass is 16.5. The number of hydrogen-bond donors (Lipinski definition) is 1. The topological polar surface area (TPSA) is 38.3 Å². The molecule has 3 heteroatoms. The number of hydrogen-bond acceptors (Lipinski definition) is 3. The van der Waals surface area contributed by atoms with Crippen LogP contribution in [0.25, 0.3) is 0 Å². The second kappa shape index (κ2) is 5.82. The standard InChI is InChI=1S/C14H19NO2/c1-11(12-5-3-2-4-6-12)17-14(16)9-10-15-13-7-8-13/h2-6,11,13,15H,7-10H2,1H3. The Hall–Kier alpha value is -1.35. The Labute approximate surface area is 102 Å². The van der Waals surface area contributed by atoms with Crippen LogP contribution in [0.5, 0.6) is 0 Å². The van der Waals surface area contributed by atoms with Crippen LogP contribution < -0.4 is 5.32 Å². The molecule has 1 aromatic carbocycles. The van der Waals surface area contributed by atoms with Crippen LogP contribution in [0.15, 0.2) is 30.3 Å². The van der Waals surface area contributed by atoms with Gasteiger partial charge in [-0.3, -0.25) is 4.79 Å². The van der Waals surface area contributed by atoms with Crippen molar-refractivity contribution in [3.8, 4) is 0 Å². The van der Waals surface area contributed by atoms with Gasteiger partial charge in [-0.2, -0.15) is 0 Å². The van der Waals surface area contributed by atoms with Crippen LogP contribution in [0.1, 0.15) is 37.9 Å². The highest BCUT2D eigenvalue weighted by Crippen LogP contribution is 2.19. The van der Waals surface area contributed by atoms with Crippen molar-refractivity contribution in [1.82, 2.24) is 5.32 Å². The first-order valence-electron chi connectivity index (χ1n) is 6.23. The molecule has 1 saturated carbocycles. The Morgan fingerprint density at radius 3 is 2.76 bits per heavy atom. The monoisotopic (exact) mass is 233 g/mol. The summed E-state index contributed by atoms with van der Waals surface area (Å²) in [6.07, 6.45) is 2.78. The van der Waals surface area contributed by atoms with Gasteiger partial charge in [0, 0.05) is 12.6 Å². The van der Waals surface area contributed by atoms with Crippen molar-refractivity contribution < 1.29 is 9.53 Å². The van der Waals surface area contributed by atoms with Gasteiger partial charge in [0.05, 0.1) is 6.42 Å². The minimum Gasteiger partial charge on any atom is -0.458 e. The molecular formula is C14H19NO2. The normalized spacial score (nSPS) is 16.5. The van der Waals surface area contributed by atoms with E-state index in [4.69, 9.17) is 4.74 Å². The Balaban J connectivity index is 1.69. The van der Waals surface area contributed by atoms with Gasteiger partial charge >= 0.3 is 5.97 Å². The lowest BCUT2D eigenvalue weighted by Crippen LogP contribution is -2.21. The minimum absolute atomic E-state index is 0.130. The van der Waals surface area contributed by atoms with Gasteiger partial charge in [-0.05, 0) is 25.3 Å². The average molecular weight is 233 g/mol. The molecule has 0 aliphatic heterocycles. The van der Waals surface area contributed by atoms with E-state index in [0.717, 1.165) is 12.1 Å². The van der Waals surface area contributed by atoms with E-state index in [1.807, 2.05) is 37.3 Å². The molecule has 0 aromatic heterocycles. The molecule has 1 fully saturated rings. The quantitative estimate of drug-likeness (QED) is 0.767. The fourth-order valence-electron chi connectivity index (χ4n) is 1.71. The molecule has 0 spiro atoms. The molecule has 1 N–H and O–H groups in total. The molecule has 17 heavy (non-hydrogen) atoms. The summed E-state index contributed by atoms with van der Waals surface area (Å²) in [6, 6.07) is 10.5. The lowest BCUT2D eigenvalue weighted by atomic mass is 10.1. The van der Waals surface area contributed by atoms with Crippen LogP contribution in [-0.2, 0) is 9.53 Å². The van der Waals surface area contributed by atoms with Gasteiger partial charge in [0.15, 0.2) is 0 Å². The summed E-state index contributed by atoms with van der Waals surface area (Å²) >= 11 is 0. The van der Waals surface area contributed by atoms with Crippen molar-refractivity contribution >= 4 is 5.97 Å². The molecule has 0 amide bonds. The lowest BCUT2D eigenvalue weighted by Gasteiger charge is -2.13. The Morgan fingerprint density at radius 2 is 2.12 bits per heavy atom. The molecule has 1 unspecified atom stereocenters. The molecule has 2 rings (SSSR count). The Kier molecular flexibility index (Phi) is 4.15. The number of benzene rings is 1. The smallest absolute Gasteiger partial charge is 0.307 e. The third kappa shape index (κ3) is 4.19. The number of rotatable bonds is 6. The second-order valence-corrected chi connectivity index (χ2v) is 4.52. The van der Waals surface area contributed by atoms with E-state index in [9.17, 15) is 4.79 Å². The summed E-state index contributed by atoms with van der Waals surface area (Å²) in [5.74, 6) is -0.130. The van der Waals surface area contributed by atoms with Crippen LogP contribution >= 0.6 is 0 Å². The van der Waals surface area contributed by atoms with Crippen LogP contribution in [0.2, 0.25) is 0 Å². The zero-order valence-corrected chi connectivity index (χ0v) is 10.2. The van der Waals surface area contributed by atoms with Gasteiger partial charge in [0.1, 0.15) is 6.10 Å². The highest BCUT2D eigenvalue weighted by molar-refractivity contribution is 5.69. The summed E-state index contributed by atoms with van der Waals surface area (Å²) < 4.78 is 5.36. The highest BCUT2D eigenvalue weighted by Gasteiger charge is 2.20. The summed E-state index contributed by atoms with van der Waals surface area (Å²) in [5, 5.41) is 3.30. The minimum atomic E-state index is -0.162. The van der Waals surface area contributed by atoms with E-state index in [1.54, 1.807) is 0 Å². The molecule has 1 aliphatic carbocycles. The molecular weight excluding hydrogens is 214 g/mol. The number of carbonyl (C=O) groups is 1. The van der Waals surface area contributed by atoms with Crippen molar-refractivity contribution in [2.75, 3.05) is 6.54 Å². The van der Waals surface area contributed by atoms with Crippen LogP contribution in [0.3, 0.4) is 0 Å². The Bertz CT molecular complexity index is 360. The van der Waals surface area contributed by atoms with Crippen LogP contribution in [0, 0.1) is 0 Å². The van der Waals surface area contributed by atoms with Gasteiger partial charge in [-0.1, -0.05) is 30.3 Å². The molecule has 92 valence electrons. The largest absolute Gasteiger partial charge is 0.458 e.